The quantitative estimate of drug-likeness (QED) is 0.661. The van der Waals surface area contributed by atoms with Gasteiger partial charge in [-0.15, -0.1) is 0 Å². The number of nitro benzene ring substituents is 1. The molecule has 16 heavy (non-hydrogen) atoms. The van der Waals surface area contributed by atoms with E-state index in [1.807, 2.05) is 5.32 Å². The van der Waals surface area contributed by atoms with Gasteiger partial charge in [0.05, 0.1) is 4.92 Å². The predicted octanol–water partition coefficient (Wildman–Crippen LogP) is 2.45. The highest BCUT2D eigenvalue weighted by Crippen LogP contribution is 2.27. The molecular formula is C8H5ClF2N2O3. The maximum atomic E-state index is 11.9. The zero-order valence-electron chi connectivity index (χ0n) is 7.62. The normalized spacial score (nSPS) is 10.2. The van der Waals surface area contributed by atoms with E-state index >= 15 is 0 Å². The molecule has 0 fully saturated rings. The summed E-state index contributed by atoms with van der Waals surface area (Å²) >= 11 is 5.51. The van der Waals surface area contributed by atoms with Gasteiger partial charge in [0.2, 0.25) is 0 Å². The van der Waals surface area contributed by atoms with Crippen molar-refractivity contribution in [3.8, 4) is 0 Å². The second-order valence-corrected chi connectivity index (χ2v) is 3.12. The molecular weight excluding hydrogens is 246 g/mol. The first-order chi connectivity index (χ1) is 7.41. The minimum Gasteiger partial charge on any atom is -0.321 e. The van der Waals surface area contributed by atoms with Gasteiger partial charge < -0.3 is 5.32 Å². The van der Waals surface area contributed by atoms with Crippen molar-refractivity contribution in [2.24, 2.45) is 0 Å². The molecule has 0 spiro atoms. The second kappa shape index (κ2) is 4.84. The number of nitro groups is 1. The third-order valence-electron chi connectivity index (χ3n) is 1.61. The van der Waals surface area contributed by atoms with Gasteiger partial charge in [0.1, 0.15) is 5.02 Å². The molecule has 8 heteroatoms. The van der Waals surface area contributed by atoms with E-state index < -0.39 is 17.3 Å². The van der Waals surface area contributed by atoms with Crippen molar-refractivity contribution in [3.63, 3.8) is 0 Å². The van der Waals surface area contributed by atoms with Gasteiger partial charge >= 0.3 is 6.43 Å². The number of benzene rings is 1. The maximum Gasteiger partial charge on any atom is 0.315 e. The van der Waals surface area contributed by atoms with Crippen molar-refractivity contribution in [2.75, 3.05) is 5.32 Å². The van der Waals surface area contributed by atoms with Gasteiger partial charge in [0, 0.05) is 11.8 Å². The Morgan fingerprint density at radius 2 is 2.12 bits per heavy atom. The van der Waals surface area contributed by atoms with Gasteiger partial charge in [-0.3, -0.25) is 14.9 Å². The number of amides is 1. The zero-order valence-corrected chi connectivity index (χ0v) is 8.37. The number of anilines is 1. The molecule has 5 nitrogen and oxygen atoms in total. The smallest absolute Gasteiger partial charge is 0.315 e. The van der Waals surface area contributed by atoms with E-state index in [2.05, 4.69) is 0 Å². The predicted molar refractivity (Wildman–Crippen MR) is 52.7 cm³/mol. The van der Waals surface area contributed by atoms with Crippen LogP contribution in [0.15, 0.2) is 18.2 Å². The van der Waals surface area contributed by atoms with E-state index in [1.165, 1.54) is 0 Å². The lowest BCUT2D eigenvalue weighted by atomic mass is 10.3. The SMILES string of the molecule is O=C(Nc1ccc([N+](=O)[O-])c(Cl)c1)C(F)F. The highest BCUT2D eigenvalue weighted by molar-refractivity contribution is 6.33. The van der Waals surface area contributed by atoms with Crippen LogP contribution in [0.3, 0.4) is 0 Å². The molecule has 0 radical (unpaired) electrons. The van der Waals surface area contributed by atoms with Gasteiger partial charge in [-0.1, -0.05) is 11.6 Å². The molecule has 1 rings (SSSR count). The zero-order chi connectivity index (χ0) is 12.3. The van der Waals surface area contributed by atoms with Crippen LogP contribution in [0.5, 0.6) is 0 Å². The van der Waals surface area contributed by atoms with Gasteiger partial charge in [0.25, 0.3) is 11.6 Å². The Morgan fingerprint density at radius 1 is 1.50 bits per heavy atom. The Kier molecular flexibility index (Phi) is 3.73. The largest absolute Gasteiger partial charge is 0.321 e. The average Bonchev–Trinajstić information content (AvgIpc) is 2.16. The molecule has 0 heterocycles. The number of nitrogens with one attached hydrogen (secondary N) is 1. The van der Waals surface area contributed by atoms with Crippen LogP contribution in [0.1, 0.15) is 0 Å². The fourth-order valence-corrected chi connectivity index (χ4v) is 1.18. The third-order valence-corrected chi connectivity index (χ3v) is 1.91. The summed E-state index contributed by atoms with van der Waals surface area (Å²) in [7, 11) is 0. The lowest BCUT2D eigenvalue weighted by molar-refractivity contribution is -0.384. The number of carbonyl (C=O) groups is 1. The van der Waals surface area contributed by atoms with Gasteiger partial charge in [-0.05, 0) is 12.1 Å². The molecule has 0 saturated heterocycles. The number of hydrogen-bond donors (Lipinski definition) is 1. The van der Waals surface area contributed by atoms with Crippen molar-refractivity contribution in [1.29, 1.82) is 0 Å². The molecule has 0 aliphatic carbocycles. The van der Waals surface area contributed by atoms with Crippen LogP contribution in [0.4, 0.5) is 20.2 Å². The van der Waals surface area contributed by atoms with Crippen molar-refractivity contribution in [1.82, 2.24) is 0 Å². The first-order valence-corrected chi connectivity index (χ1v) is 4.32. The molecule has 0 aliphatic heterocycles. The standard InChI is InChI=1S/C8H5ClF2N2O3/c9-5-3-4(12-8(14)7(10)11)1-2-6(5)13(15)16/h1-3,7H,(H,12,14). The highest BCUT2D eigenvalue weighted by Gasteiger charge is 2.17. The van der Waals surface area contributed by atoms with E-state index in [4.69, 9.17) is 11.6 Å². The molecule has 0 unspecified atom stereocenters. The monoisotopic (exact) mass is 250 g/mol. The Bertz CT molecular complexity index is 439. The molecule has 0 saturated carbocycles. The first kappa shape index (κ1) is 12.3. The van der Waals surface area contributed by atoms with Crippen molar-refractivity contribution in [2.45, 2.75) is 6.43 Å². The van der Waals surface area contributed by atoms with Crippen molar-refractivity contribution >= 4 is 28.9 Å². The number of halogens is 3. The summed E-state index contributed by atoms with van der Waals surface area (Å²) in [5.74, 6) is -1.50. The van der Waals surface area contributed by atoms with Crippen molar-refractivity contribution < 1.29 is 18.5 Å². The van der Waals surface area contributed by atoms with E-state index in [0.717, 1.165) is 18.2 Å². The number of nitrogens with zero attached hydrogens (tertiary/aromatic N) is 1. The third kappa shape index (κ3) is 2.86. The van der Waals surface area contributed by atoms with Crippen LogP contribution in [0, 0.1) is 10.1 Å². The molecule has 1 aromatic rings. The molecule has 0 bridgehead atoms. The van der Waals surface area contributed by atoms with E-state index in [0.29, 0.717) is 0 Å². The van der Waals surface area contributed by atoms with Crippen molar-refractivity contribution in [3.05, 3.63) is 33.3 Å². The summed E-state index contributed by atoms with van der Waals surface area (Å²) < 4.78 is 23.7. The molecule has 86 valence electrons. The molecule has 0 aliphatic rings. The van der Waals surface area contributed by atoms with Crippen LogP contribution < -0.4 is 5.32 Å². The van der Waals surface area contributed by atoms with Crippen LogP contribution in [-0.4, -0.2) is 17.3 Å². The summed E-state index contributed by atoms with van der Waals surface area (Å²) in [5, 5.41) is 12.0. The van der Waals surface area contributed by atoms with Gasteiger partial charge in [0.15, 0.2) is 0 Å². The molecule has 1 aromatic carbocycles. The minimum atomic E-state index is -3.16. The Hall–Kier alpha value is -1.76. The molecule has 1 N–H and O–H groups in total. The summed E-state index contributed by atoms with van der Waals surface area (Å²) in [6.45, 7) is 0. The first-order valence-electron chi connectivity index (χ1n) is 3.95. The Labute approximate surface area is 93.2 Å². The molecule has 0 aromatic heterocycles. The fourth-order valence-electron chi connectivity index (χ4n) is 0.930. The van der Waals surface area contributed by atoms with Crippen LogP contribution >= 0.6 is 11.6 Å². The summed E-state index contributed by atoms with van der Waals surface area (Å²) in [6, 6.07) is 3.16. The second-order valence-electron chi connectivity index (χ2n) is 2.71. The Morgan fingerprint density at radius 3 is 2.56 bits per heavy atom. The lowest BCUT2D eigenvalue weighted by Gasteiger charge is -2.04. The maximum absolute atomic E-state index is 11.9. The van der Waals surface area contributed by atoms with Gasteiger partial charge in [-0.2, -0.15) is 8.78 Å². The Balaban J connectivity index is 2.90. The van der Waals surface area contributed by atoms with E-state index in [1.54, 1.807) is 0 Å². The number of carbonyl (C=O) groups excluding carboxylic acids is 1. The van der Waals surface area contributed by atoms with Gasteiger partial charge in [-0.25, -0.2) is 0 Å². The van der Waals surface area contributed by atoms with E-state index in [9.17, 15) is 23.7 Å². The topological polar surface area (TPSA) is 72.2 Å². The van der Waals surface area contributed by atoms with Crippen LogP contribution in [0.2, 0.25) is 5.02 Å². The van der Waals surface area contributed by atoms with Crippen LogP contribution in [0.25, 0.3) is 0 Å². The number of hydrogen-bond acceptors (Lipinski definition) is 3. The molecule has 1 amide bonds. The molecule has 0 atom stereocenters. The average molecular weight is 251 g/mol. The minimum absolute atomic E-state index is 0.0269. The van der Waals surface area contributed by atoms with E-state index in [-0.39, 0.29) is 16.4 Å². The number of rotatable bonds is 3. The van der Waals surface area contributed by atoms with Crippen LogP contribution in [-0.2, 0) is 4.79 Å². The highest BCUT2D eigenvalue weighted by atomic mass is 35.5. The number of alkyl halides is 2. The lowest BCUT2D eigenvalue weighted by Crippen LogP contribution is -2.19. The summed E-state index contributed by atoms with van der Waals surface area (Å²) in [5.41, 5.74) is -0.391. The summed E-state index contributed by atoms with van der Waals surface area (Å²) in [4.78, 5) is 20.3. The fraction of sp³-hybridized carbons (Fsp3) is 0.125. The summed E-state index contributed by atoms with van der Waals surface area (Å²) in [6.07, 6.45) is -3.16.